The normalized spacial score (nSPS) is 20.2. The molecule has 2 N–H and O–H groups in total. The van der Waals surface area contributed by atoms with Gasteiger partial charge in [0, 0.05) is 42.3 Å². The van der Waals surface area contributed by atoms with E-state index < -0.39 is 13.0 Å². The molecule has 0 aromatic carbocycles. The van der Waals surface area contributed by atoms with Crippen molar-refractivity contribution in [1.82, 2.24) is 20.1 Å². The Morgan fingerprint density at radius 1 is 1.22 bits per heavy atom. The minimum atomic E-state index is -2.46. The summed E-state index contributed by atoms with van der Waals surface area (Å²) in [6.07, 6.45) is 4.51. The third-order valence-electron chi connectivity index (χ3n) is 4.73. The van der Waals surface area contributed by atoms with Crippen LogP contribution in [0.4, 0.5) is 18.9 Å². The lowest BCUT2D eigenvalue weighted by atomic mass is 9.91. The molecule has 0 aliphatic heterocycles. The SMILES string of the molecule is FCCNC1CCC(Nc2cc(Cl)ncc2-c2ccn(CC(F)F)n2)CC1. The van der Waals surface area contributed by atoms with Crippen molar-refractivity contribution in [2.24, 2.45) is 0 Å². The monoisotopic (exact) mass is 401 g/mol. The molecule has 3 rings (SSSR count). The van der Waals surface area contributed by atoms with Gasteiger partial charge in [-0.25, -0.2) is 18.2 Å². The van der Waals surface area contributed by atoms with Gasteiger partial charge in [-0.3, -0.25) is 4.68 Å². The average molecular weight is 402 g/mol. The third kappa shape index (κ3) is 5.59. The summed E-state index contributed by atoms with van der Waals surface area (Å²) < 4.78 is 38.6. The number of alkyl halides is 3. The van der Waals surface area contributed by atoms with Crippen LogP contribution in [0.3, 0.4) is 0 Å². The minimum Gasteiger partial charge on any atom is -0.382 e. The summed E-state index contributed by atoms with van der Waals surface area (Å²) in [4.78, 5) is 4.11. The molecule has 5 nitrogen and oxygen atoms in total. The maximum Gasteiger partial charge on any atom is 0.257 e. The van der Waals surface area contributed by atoms with E-state index in [1.807, 2.05) is 0 Å². The molecular formula is C18H23ClF3N5. The van der Waals surface area contributed by atoms with Gasteiger partial charge >= 0.3 is 0 Å². The fraction of sp³-hybridized carbons (Fsp3) is 0.556. The van der Waals surface area contributed by atoms with Gasteiger partial charge in [-0.2, -0.15) is 5.10 Å². The number of halogens is 4. The van der Waals surface area contributed by atoms with Gasteiger partial charge < -0.3 is 10.6 Å². The molecule has 0 bridgehead atoms. The fourth-order valence-corrected chi connectivity index (χ4v) is 3.58. The van der Waals surface area contributed by atoms with Crippen LogP contribution in [0.2, 0.25) is 5.15 Å². The summed E-state index contributed by atoms with van der Waals surface area (Å²) in [5, 5.41) is 11.3. The molecule has 0 radical (unpaired) electrons. The Balaban J connectivity index is 1.69. The molecule has 1 aliphatic carbocycles. The largest absolute Gasteiger partial charge is 0.382 e. The molecule has 2 aromatic heterocycles. The molecule has 0 unspecified atom stereocenters. The fourth-order valence-electron chi connectivity index (χ4n) is 3.42. The lowest BCUT2D eigenvalue weighted by Crippen LogP contribution is -2.37. The van der Waals surface area contributed by atoms with Gasteiger partial charge in [0.1, 0.15) is 18.4 Å². The van der Waals surface area contributed by atoms with Crippen molar-refractivity contribution in [3.05, 3.63) is 29.7 Å². The summed E-state index contributed by atoms with van der Waals surface area (Å²) in [6, 6.07) is 4.03. The Hall–Kier alpha value is -1.80. The molecule has 27 heavy (non-hydrogen) atoms. The molecule has 1 fully saturated rings. The highest BCUT2D eigenvalue weighted by molar-refractivity contribution is 6.29. The predicted molar refractivity (Wildman–Crippen MR) is 100 cm³/mol. The van der Waals surface area contributed by atoms with Crippen molar-refractivity contribution < 1.29 is 13.2 Å². The van der Waals surface area contributed by atoms with Crippen molar-refractivity contribution in [3.8, 4) is 11.3 Å². The zero-order valence-corrected chi connectivity index (χ0v) is 15.6. The van der Waals surface area contributed by atoms with Gasteiger partial charge in [-0.1, -0.05) is 11.6 Å². The Bertz CT molecular complexity index is 732. The van der Waals surface area contributed by atoms with E-state index in [4.69, 9.17) is 11.6 Å². The van der Waals surface area contributed by atoms with Crippen LogP contribution in [0.25, 0.3) is 11.3 Å². The summed E-state index contributed by atoms with van der Waals surface area (Å²) in [5.74, 6) is 0. The zero-order valence-electron chi connectivity index (χ0n) is 14.8. The number of nitrogens with one attached hydrogen (secondary N) is 2. The first kappa shape index (κ1) is 19.9. The van der Waals surface area contributed by atoms with E-state index in [0.29, 0.717) is 23.4 Å². The number of anilines is 1. The first-order valence-electron chi connectivity index (χ1n) is 9.08. The van der Waals surface area contributed by atoms with Gasteiger partial charge in [-0.15, -0.1) is 0 Å². The Kier molecular flexibility index (Phi) is 6.95. The van der Waals surface area contributed by atoms with E-state index in [0.717, 1.165) is 36.9 Å². The van der Waals surface area contributed by atoms with Gasteiger partial charge in [0.05, 0.1) is 5.69 Å². The summed E-state index contributed by atoms with van der Waals surface area (Å²) >= 11 is 6.05. The average Bonchev–Trinajstić information content (AvgIpc) is 3.09. The van der Waals surface area contributed by atoms with Crippen molar-refractivity contribution >= 4 is 17.3 Å². The van der Waals surface area contributed by atoms with Crippen LogP contribution in [0.15, 0.2) is 24.5 Å². The molecule has 0 amide bonds. The van der Waals surface area contributed by atoms with Crippen LogP contribution in [0.1, 0.15) is 25.7 Å². The maximum absolute atomic E-state index is 12.6. The molecule has 1 saturated carbocycles. The number of aromatic nitrogens is 3. The second-order valence-corrected chi connectivity index (χ2v) is 7.09. The van der Waals surface area contributed by atoms with E-state index in [9.17, 15) is 13.2 Å². The Labute approximate surface area is 161 Å². The predicted octanol–water partition coefficient (Wildman–Crippen LogP) is 4.15. The number of nitrogens with zero attached hydrogens (tertiary/aromatic N) is 3. The second-order valence-electron chi connectivity index (χ2n) is 6.70. The van der Waals surface area contributed by atoms with Crippen LogP contribution in [0.5, 0.6) is 0 Å². The summed E-state index contributed by atoms with van der Waals surface area (Å²) in [7, 11) is 0. The van der Waals surface area contributed by atoms with Gasteiger partial charge in [0.25, 0.3) is 6.43 Å². The maximum atomic E-state index is 12.6. The molecule has 2 heterocycles. The molecule has 0 atom stereocenters. The highest BCUT2D eigenvalue weighted by Gasteiger charge is 2.22. The van der Waals surface area contributed by atoms with Crippen LogP contribution in [-0.2, 0) is 6.54 Å². The lowest BCUT2D eigenvalue weighted by Gasteiger charge is -2.30. The van der Waals surface area contributed by atoms with E-state index in [-0.39, 0.29) is 12.7 Å². The highest BCUT2D eigenvalue weighted by Crippen LogP contribution is 2.31. The first-order valence-corrected chi connectivity index (χ1v) is 9.46. The van der Waals surface area contributed by atoms with E-state index in [2.05, 4.69) is 20.7 Å². The lowest BCUT2D eigenvalue weighted by molar-refractivity contribution is 0.122. The van der Waals surface area contributed by atoms with E-state index in [1.165, 1.54) is 10.9 Å². The smallest absolute Gasteiger partial charge is 0.257 e. The third-order valence-corrected chi connectivity index (χ3v) is 4.93. The number of hydrogen-bond acceptors (Lipinski definition) is 4. The molecule has 2 aromatic rings. The quantitative estimate of drug-likeness (QED) is 0.652. The second kappa shape index (κ2) is 9.41. The van der Waals surface area contributed by atoms with Crippen molar-refractivity contribution in [2.45, 2.75) is 50.7 Å². The van der Waals surface area contributed by atoms with Crippen LogP contribution >= 0.6 is 11.6 Å². The summed E-state index contributed by atoms with van der Waals surface area (Å²) in [5.41, 5.74) is 2.09. The van der Waals surface area contributed by atoms with Gasteiger partial charge in [0.15, 0.2) is 0 Å². The minimum absolute atomic E-state index is 0.258. The topological polar surface area (TPSA) is 54.8 Å². The molecule has 148 valence electrons. The number of rotatable bonds is 8. The van der Waals surface area contributed by atoms with Gasteiger partial charge in [0.2, 0.25) is 0 Å². The van der Waals surface area contributed by atoms with Crippen molar-refractivity contribution in [2.75, 3.05) is 18.5 Å². The van der Waals surface area contributed by atoms with Crippen molar-refractivity contribution in [3.63, 3.8) is 0 Å². The molecule has 9 heteroatoms. The number of hydrogen-bond donors (Lipinski definition) is 2. The van der Waals surface area contributed by atoms with Gasteiger partial charge in [-0.05, 0) is 37.8 Å². The van der Waals surface area contributed by atoms with Crippen molar-refractivity contribution in [1.29, 1.82) is 0 Å². The standard InChI is InChI=1S/C18H23ClF3N5/c19-17-9-16(25-13-3-1-12(2-4-13)23-7-6-20)14(10-24-17)15-5-8-27(26-15)11-18(21)22/h5,8-10,12-13,18,23H,1-4,6-7,11H2,(H,24,25). The van der Waals surface area contributed by atoms with Crippen LogP contribution in [-0.4, -0.2) is 46.5 Å². The molecular weight excluding hydrogens is 379 g/mol. The molecule has 0 spiro atoms. The van der Waals surface area contributed by atoms with Crippen LogP contribution < -0.4 is 10.6 Å². The van der Waals surface area contributed by atoms with Crippen LogP contribution in [0, 0.1) is 0 Å². The summed E-state index contributed by atoms with van der Waals surface area (Å²) in [6.45, 7) is -0.400. The Morgan fingerprint density at radius 2 is 1.96 bits per heavy atom. The highest BCUT2D eigenvalue weighted by atomic mass is 35.5. The zero-order chi connectivity index (χ0) is 19.2. The molecule has 0 saturated heterocycles. The molecule has 1 aliphatic rings. The van der Waals surface area contributed by atoms with E-state index >= 15 is 0 Å². The van der Waals surface area contributed by atoms with E-state index in [1.54, 1.807) is 18.3 Å². The Morgan fingerprint density at radius 3 is 2.67 bits per heavy atom. The number of pyridine rings is 1. The first-order chi connectivity index (χ1) is 13.0.